The topological polar surface area (TPSA) is 0 Å². The number of rotatable bonds is 3. The Labute approximate surface area is 162 Å². The van der Waals surface area contributed by atoms with Gasteiger partial charge in [-0.25, -0.2) is 0 Å². The Morgan fingerprint density at radius 3 is 2.83 bits per heavy atom. The monoisotopic (exact) mass is 436 g/mol. The molecule has 0 aromatic heterocycles. The zero-order valence-corrected chi connectivity index (χ0v) is 17.6. The van der Waals surface area contributed by atoms with Gasteiger partial charge in [-0.15, -0.1) is 0 Å². The van der Waals surface area contributed by atoms with Crippen molar-refractivity contribution in [2.24, 2.45) is 29.1 Å². The molecule has 0 nitrogen and oxygen atoms in total. The van der Waals surface area contributed by atoms with Crippen LogP contribution in [0.2, 0.25) is 0 Å². The van der Waals surface area contributed by atoms with Gasteiger partial charge in [-0.3, -0.25) is 0 Å². The van der Waals surface area contributed by atoms with Crippen LogP contribution in [0.1, 0.15) is 71.6 Å². The van der Waals surface area contributed by atoms with E-state index in [9.17, 15) is 0 Å². The molecule has 0 N–H and O–H groups in total. The molecule has 0 heterocycles. The van der Waals surface area contributed by atoms with E-state index >= 15 is 0 Å². The first-order chi connectivity index (χ1) is 11.5. The average Bonchev–Trinajstić information content (AvgIpc) is 2.84. The van der Waals surface area contributed by atoms with Crippen molar-refractivity contribution in [1.82, 2.24) is 0 Å². The number of hydrogen-bond donors (Lipinski definition) is 0. The summed E-state index contributed by atoms with van der Waals surface area (Å²) < 4.78 is 0.926. The van der Waals surface area contributed by atoms with Gasteiger partial charge in [0.25, 0.3) is 0 Å². The molecule has 4 aliphatic carbocycles. The average molecular weight is 436 g/mol. The molecule has 0 bridgehead atoms. The highest BCUT2D eigenvalue weighted by atomic mass is 127. The lowest BCUT2D eigenvalue weighted by atomic mass is 9.69. The summed E-state index contributed by atoms with van der Waals surface area (Å²) in [6, 6.07) is 0. The normalized spacial score (nSPS) is 40.5. The van der Waals surface area contributed by atoms with Gasteiger partial charge >= 0.3 is 0 Å². The Balaban J connectivity index is 1.35. The van der Waals surface area contributed by atoms with Gasteiger partial charge in [0.2, 0.25) is 0 Å². The second-order valence-corrected chi connectivity index (χ2v) is 11.1. The maximum absolute atomic E-state index is 2.67. The summed E-state index contributed by atoms with van der Waals surface area (Å²) >= 11 is 2.67. The molecular weight excluding hydrogens is 403 g/mol. The quantitative estimate of drug-likeness (QED) is 0.248. The number of fused-ring (bicyclic) bond motifs is 1. The van der Waals surface area contributed by atoms with E-state index in [-0.39, 0.29) is 0 Å². The maximum atomic E-state index is 2.67. The Bertz CT molecular complexity index is 565. The standard InChI is InChI=1S/C23H33I/c1-23(2)20(14-19-5-3-4-6-22(19)23)11-8-16-7-9-18-15-21(24)12-10-17(18)13-16/h4,6-7,9,16-18,20-21H,3,5,8,10-15H2,1-2H3/t16?,17-,18?,20?,21?/m0/s1. The van der Waals surface area contributed by atoms with Crippen molar-refractivity contribution in [3.05, 3.63) is 35.5 Å². The van der Waals surface area contributed by atoms with E-state index in [2.05, 4.69) is 60.7 Å². The molecule has 0 aliphatic heterocycles. The molecule has 0 aromatic rings. The summed E-state index contributed by atoms with van der Waals surface area (Å²) in [5.41, 5.74) is 3.89. The Hall–Kier alpha value is -0.0500. The Kier molecular flexibility index (Phi) is 5.01. The number of hydrogen-bond acceptors (Lipinski definition) is 0. The largest absolute Gasteiger partial charge is 0.0851 e. The van der Waals surface area contributed by atoms with E-state index in [0.717, 1.165) is 27.6 Å². The van der Waals surface area contributed by atoms with Crippen LogP contribution in [0.4, 0.5) is 0 Å². The lowest BCUT2D eigenvalue weighted by Gasteiger charge is -2.38. The van der Waals surface area contributed by atoms with Crippen molar-refractivity contribution < 1.29 is 0 Å². The third-order valence-electron chi connectivity index (χ3n) is 7.59. The molecule has 0 spiro atoms. The second kappa shape index (κ2) is 6.93. The first kappa shape index (κ1) is 17.4. The molecule has 5 atom stereocenters. The van der Waals surface area contributed by atoms with Gasteiger partial charge < -0.3 is 0 Å². The molecule has 0 saturated heterocycles. The minimum Gasteiger partial charge on any atom is -0.0851 e. The predicted octanol–water partition coefficient (Wildman–Crippen LogP) is 7.26. The third kappa shape index (κ3) is 3.31. The van der Waals surface area contributed by atoms with Crippen LogP contribution in [-0.2, 0) is 0 Å². The molecule has 0 aromatic carbocycles. The fourth-order valence-corrected chi connectivity index (χ4v) is 6.92. The lowest BCUT2D eigenvalue weighted by Crippen LogP contribution is -2.28. The van der Waals surface area contributed by atoms with Crippen LogP contribution >= 0.6 is 22.6 Å². The van der Waals surface area contributed by atoms with Crippen LogP contribution in [0.25, 0.3) is 0 Å². The summed E-state index contributed by atoms with van der Waals surface area (Å²) in [6.45, 7) is 5.01. The third-order valence-corrected chi connectivity index (χ3v) is 8.72. The van der Waals surface area contributed by atoms with Gasteiger partial charge in [-0.05, 0) is 92.4 Å². The van der Waals surface area contributed by atoms with Crippen LogP contribution in [0.3, 0.4) is 0 Å². The molecule has 1 saturated carbocycles. The van der Waals surface area contributed by atoms with Crippen LogP contribution < -0.4 is 0 Å². The SMILES string of the molecule is CC1(C)C2=C(CCC=C2)CC1CCC1C=CC2CC(I)CC[C@H]2C1. The van der Waals surface area contributed by atoms with Crippen molar-refractivity contribution in [1.29, 1.82) is 0 Å². The maximum Gasteiger partial charge on any atom is 0.0115 e. The highest BCUT2D eigenvalue weighted by Crippen LogP contribution is 2.52. The smallest absolute Gasteiger partial charge is 0.0115 e. The predicted molar refractivity (Wildman–Crippen MR) is 112 cm³/mol. The first-order valence-electron chi connectivity index (χ1n) is 10.3. The molecule has 1 fully saturated rings. The van der Waals surface area contributed by atoms with Gasteiger partial charge in [-0.1, -0.05) is 66.3 Å². The summed E-state index contributed by atoms with van der Waals surface area (Å²) in [7, 11) is 0. The number of allylic oxidation sites excluding steroid dienone is 6. The fraction of sp³-hybridized carbons (Fsp3) is 0.739. The van der Waals surface area contributed by atoms with Gasteiger partial charge in [-0.2, -0.15) is 0 Å². The summed E-state index contributed by atoms with van der Waals surface area (Å²) in [5, 5.41) is 0. The number of halogens is 1. The van der Waals surface area contributed by atoms with E-state index in [1.165, 1.54) is 57.8 Å². The molecule has 24 heavy (non-hydrogen) atoms. The van der Waals surface area contributed by atoms with E-state index in [0.29, 0.717) is 5.41 Å². The summed E-state index contributed by atoms with van der Waals surface area (Å²) in [6.07, 6.45) is 22.7. The number of alkyl halides is 1. The fourth-order valence-electron chi connectivity index (χ4n) is 5.97. The Morgan fingerprint density at radius 1 is 1.12 bits per heavy atom. The zero-order valence-electron chi connectivity index (χ0n) is 15.4. The van der Waals surface area contributed by atoms with Crippen LogP contribution in [0.15, 0.2) is 35.5 Å². The van der Waals surface area contributed by atoms with E-state index in [1.54, 1.807) is 11.1 Å². The van der Waals surface area contributed by atoms with Crippen molar-refractivity contribution in [2.75, 3.05) is 0 Å². The van der Waals surface area contributed by atoms with Crippen LogP contribution in [0.5, 0.6) is 0 Å². The first-order valence-corrected chi connectivity index (χ1v) is 11.5. The van der Waals surface area contributed by atoms with Crippen molar-refractivity contribution >= 4 is 22.6 Å². The highest BCUT2D eigenvalue weighted by molar-refractivity contribution is 14.1. The molecule has 1 heteroatoms. The minimum absolute atomic E-state index is 0.409. The van der Waals surface area contributed by atoms with Gasteiger partial charge in [0.05, 0.1) is 0 Å². The highest BCUT2D eigenvalue weighted by Gasteiger charge is 2.40. The second-order valence-electron chi connectivity index (χ2n) is 9.37. The van der Waals surface area contributed by atoms with Gasteiger partial charge in [0.1, 0.15) is 0 Å². The summed E-state index contributed by atoms with van der Waals surface area (Å²) in [4.78, 5) is 0. The van der Waals surface area contributed by atoms with E-state index < -0.39 is 0 Å². The summed E-state index contributed by atoms with van der Waals surface area (Å²) in [5.74, 6) is 3.64. The molecule has 132 valence electrons. The minimum atomic E-state index is 0.409. The molecule has 4 aliphatic rings. The molecule has 0 radical (unpaired) electrons. The van der Waals surface area contributed by atoms with Gasteiger partial charge in [0.15, 0.2) is 0 Å². The molecule has 0 amide bonds. The zero-order chi connectivity index (χ0) is 16.7. The lowest BCUT2D eigenvalue weighted by molar-refractivity contribution is 0.214. The van der Waals surface area contributed by atoms with E-state index in [4.69, 9.17) is 0 Å². The van der Waals surface area contributed by atoms with Crippen molar-refractivity contribution in [3.8, 4) is 0 Å². The van der Waals surface area contributed by atoms with Crippen molar-refractivity contribution in [3.63, 3.8) is 0 Å². The van der Waals surface area contributed by atoms with Crippen LogP contribution in [-0.4, -0.2) is 3.92 Å². The van der Waals surface area contributed by atoms with Crippen molar-refractivity contribution in [2.45, 2.75) is 75.6 Å². The molecular formula is C23H33I. The van der Waals surface area contributed by atoms with Gasteiger partial charge in [0, 0.05) is 3.92 Å². The molecule has 4 rings (SSSR count). The van der Waals surface area contributed by atoms with E-state index in [1.807, 2.05) is 0 Å². The van der Waals surface area contributed by atoms with Crippen LogP contribution in [0, 0.1) is 29.1 Å². The Morgan fingerprint density at radius 2 is 2.00 bits per heavy atom. The molecule has 4 unspecified atom stereocenters.